The monoisotopic (exact) mass is 435 g/mol. The average molecular weight is 435 g/mol. The van der Waals surface area contributed by atoms with Gasteiger partial charge in [0.15, 0.2) is 5.01 Å². The summed E-state index contributed by atoms with van der Waals surface area (Å²) in [5.74, 6) is -0.823. The molecule has 0 aliphatic carbocycles. The van der Waals surface area contributed by atoms with Crippen LogP contribution in [0.2, 0.25) is 0 Å². The van der Waals surface area contributed by atoms with E-state index in [1.165, 1.54) is 36.2 Å². The number of cyclic esters (lactones) is 1. The topological polar surface area (TPSA) is 114 Å². The van der Waals surface area contributed by atoms with Crippen LogP contribution < -0.4 is 15.5 Å². The average Bonchev–Trinajstić information content (AvgIpc) is 3.30. The molecule has 1 aromatic carbocycles. The van der Waals surface area contributed by atoms with E-state index in [0.717, 1.165) is 5.01 Å². The molecule has 9 nitrogen and oxygen atoms in total. The van der Waals surface area contributed by atoms with Crippen LogP contribution in [-0.2, 0) is 20.7 Å². The lowest BCUT2D eigenvalue weighted by atomic mass is 10.2. The van der Waals surface area contributed by atoms with Crippen LogP contribution in [0.25, 0.3) is 10.6 Å². The number of benzene rings is 1. The Morgan fingerprint density at radius 1 is 1.27 bits per heavy atom. The van der Waals surface area contributed by atoms with E-state index in [-0.39, 0.29) is 24.9 Å². The van der Waals surface area contributed by atoms with Crippen LogP contribution in [0.3, 0.4) is 0 Å². The summed E-state index contributed by atoms with van der Waals surface area (Å²) in [6.07, 6.45) is 0.265. The Hall–Kier alpha value is -3.08. The molecule has 1 aliphatic rings. The Bertz CT molecular complexity index is 951. The summed E-state index contributed by atoms with van der Waals surface area (Å²) in [6.45, 7) is 3.80. The zero-order valence-electron chi connectivity index (χ0n) is 16.6. The van der Waals surface area contributed by atoms with Gasteiger partial charge in [0.05, 0.1) is 18.8 Å². The number of hydrogen-bond acceptors (Lipinski definition) is 7. The molecule has 1 atom stereocenters. The van der Waals surface area contributed by atoms with E-state index >= 15 is 0 Å². The highest BCUT2D eigenvalue weighted by Gasteiger charge is 2.32. The van der Waals surface area contributed by atoms with E-state index in [4.69, 9.17) is 4.74 Å². The number of aromatic nitrogens is 2. The Balaban J connectivity index is 1.64. The Morgan fingerprint density at radius 3 is 2.73 bits per heavy atom. The number of aryl methyl sites for hydroxylation is 1. The fourth-order valence-electron chi connectivity index (χ4n) is 2.91. The third-order valence-electron chi connectivity index (χ3n) is 4.36. The maximum Gasteiger partial charge on any atom is 0.414 e. The van der Waals surface area contributed by atoms with Gasteiger partial charge >= 0.3 is 6.09 Å². The second kappa shape index (κ2) is 9.61. The molecule has 2 aromatic rings. The van der Waals surface area contributed by atoms with Crippen molar-refractivity contribution in [1.29, 1.82) is 0 Å². The van der Waals surface area contributed by atoms with E-state index in [1.807, 2.05) is 0 Å². The van der Waals surface area contributed by atoms with Crippen LogP contribution >= 0.6 is 11.3 Å². The summed E-state index contributed by atoms with van der Waals surface area (Å²) in [4.78, 5) is 35.3. The predicted molar refractivity (Wildman–Crippen MR) is 109 cm³/mol. The zero-order chi connectivity index (χ0) is 21.7. The summed E-state index contributed by atoms with van der Waals surface area (Å²) in [6, 6.07) is 4.44. The Labute approximate surface area is 176 Å². The minimum absolute atomic E-state index is 0.0848. The quantitative estimate of drug-likeness (QED) is 0.612. The van der Waals surface area contributed by atoms with Gasteiger partial charge in [0.2, 0.25) is 11.8 Å². The molecule has 0 saturated carbocycles. The zero-order valence-corrected chi connectivity index (χ0v) is 17.4. The summed E-state index contributed by atoms with van der Waals surface area (Å²) in [7, 11) is 0. The first-order valence-electron chi connectivity index (χ1n) is 9.43. The molecule has 30 heavy (non-hydrogen) atoms. The molecule has 0 spiro atoms. The molecule has 1 aliphatic heterocycles. The van der Waals surface area contributed by atoms with Gasteiger partial charge in [-0.15, -0.1) is 10.2 Å². The van der Waals surface area contributed by atoms with Crippen molar-refractivity contribution in [3.05, 3.63) is 29.0 Å². The normalized spacial score (nSPS) is 15.8. The van der Waals surface area contributed by atoms with Crippen molar-refractivity contribution in [2.45, 2.75) is 32.8 Å². The highest BCUT2D eigenvalue weighted by atomic mass is 32.1. The number of halogens is 1. The summed E-state index contributed by atoms with van der Waals surface area (Å²) < 4.78 is 19.9. The molecule has 1 fully saturated rings. The van der Waals surface area contributed by atoms with Crippen LogP contribution in [-0.4, -0.2) is 53.8 Å². The SMILES string of the molecule is CC(=O)NCCCc1nnc(-c2ccc(N3C[C@H](CNC(C)=O)OC3=O)cc2F)s1. The number of amides is 3. The second-order valence-corrected chi connectivity index (χ2v) is 7.87. The van der Waals surface area contributed by atoms with E-state index in [1.54, 1.807) is 12.1 Å². The molecule has 1 aromatic heterocycles. The highest BCUT2D eigenvalue weighted by Crippen LogP contribution is 2.31. The highest BCUT2D eigenvalue weighted by molar-refractivity contribution is 7.14. The van der Waals surface area contributed by atoms with Gasteiger partial charge in [-0.1, -0.05) is 11.3 Å². The van der Waals surface area contributed by atoms with Crippen LogP contribution in [0.15, 0.2) is 18.2 Å². The van der Waals surface area contributed by atoms with Gasteiger partial charge in [0.1, 0.15) is 16.9 Å². The van der Waals surface area contributed by atoms with Crippen molar-refractivity contribution in [2.75, 3.05) is 24.5 Å². The molecule has 0 unspecified atom stereocenters. The van der Waals surface area contributed by atoms with Crippen LogP contribution in [0, 0.1) is 5.82 Å². The van der Waals surface area contributed by atoms with Gasteiger partial charge in [-0.2, -0.15) is 0 Å². The van der Waals surface area contributed by atoms with E-state index < -0.39 is 18.0 Å². The fourth-order valence-corrected chi connectivity index (χ4v) is 3.82. The number of nitrogens with one attached hydrogen (secondary N) is 2. The molecule has 0 bridgehead atoms. The van der Waals surface area contributed by atoms with Crippen LogP contribution in [0.1, 0.15) is 25.3 Å². The van der Waals surface area contributed by atoms with E-state index in [9.17, 15) is 18.8 Å². The smallest absolute Gasteiger partial charge is 0.414 e. The minimum atomic E-state index is -0.588. The van der Waals surface area contributed by atoms with E-state index in [0.29, 0.717) is 35.6 Å². The van der Waals surface area contributed by atoms with Gasteiger partial charge in [-0.05, 0) is 24.6 Å². The first kappa shape index (κ1) is 21.6. The number of carbonyl (C=O) groups is 3. The lowest BCUT2D eigenvalue weighted by Gasteiger charge is -2.14. The predicted octanol–water partition coefficient (Wildman–Crippen LogP) is 1.87. The van der Waals surface area contributed by atoms with Crippen molar-refractivity contribution in [1.82, 2.24) is 20.8 Å². The third-order valence-corrected chi connectivity index (χ3v) is 5.37. The van der Waals surface area contributed by atoms with E-state index in [2.05, 4.69) is 20.8 Å². The number of rotatable bonds is 8. The largest absolute Gasteiger partial charge is 0.442 e. The number of ether oxygens (including phenoxy) is 1. The maximum atomic E-state index is 14.7. The third kappa shape index (κ3) is 5.50. The second-order valence-electron chi connectivity index (χ2n) is 6.81. The maximum absolute atomic E-state index is 14.7. The summed E-state index contributed by atoms with van der Waals surface area (Å²) in [5.41, 5.74) is 0.665. The summed E-state index contributed by atoms with van der Waals surface area (Å²) >= 11 is 1.29. The lowest BCUT2D eigenvalue weighted by Crippen LogP contribution is -2.33. The molecule has 0 radical (unpaired) electrons. The van der Waals surface area contributed by atoms with Crippen molar-refractivity contribution >= 4 is 34.9 Å². The van der Waals surface area contributed by atoms with Crippen LogP contribution in [0.5, 0.6) is 0 Å². The molecule has 3 rings (SSSR count). The fraction of sp³-hybridized carbons (Fsp3) is 0.421. The molecule has 3 amide bonds. The van der Waals surface area contributed by atoms with Gasteiger partial charge in [0.25, 0.3) is 0 Å². The number of hydrogen-bond donors (Lipinski definition) is 2. The van der Waals surface area contributed by atoms with Gasteiger partial charge in [-0.3, -0.25) is 14.5 Å². The number of nitrogens with zero attached hydrogens (tertiary/aromatic N) is 3. The Morgan fingerprint density at radius 2 is 2.03 bits per heavy atom. The molecule has 2 N–H and O–H groups in total. The van der Waals surface area contributed by atoms with Gasteiger partial charge in [-0.25, -0.2) is 9.18 Å². The lowest BCUT2D eigenvalue weighted by molar-refractivity contribution is -0.120. The molecule has 1 saturated heterocycles. The first-order chi connectivity index (χ1) is 14.3. The number of anilines is 1. The van der Waals surface area contributed by atoms with Crippen LogP contribution in [0.4, 0.5) is 14.9 Å². The van der Waals surface area contributed by atoms with Crippen molar-refractivity contribution in [2.24, 2.45) is 0 Å². The van der Waals surface area contributed by atoms with Crippen molar-refractivity contribution in [3.63, 3.8) is 0 Å². The standard InChI is InChI=1S/C19H22FN5O4S/c1-11(26)21-7-3-4-17-23-24-18(30-17)15-6-5-13(8-16(15)20)25-10-14(29-19(25)28)9-22-12(2)27/h5-6,8,14H,3-4,7,9-10H2,1-2H3,(H,21,26)(H,22,27)/t14-/m0/s1. The molecular formula is C19H22FN5O4S. The molecular weight excluding hydrogens is 413 g/mol. The summed E-state index contributed by atoms with van der Waals surface area (Å²) in [5, 5.41) is 14.6. The van der Waals surface area contributed by atoms with Crippen molar-refractivity contribution < 1.29 is 23.5 Å². The molecule has 2 heterocycles. The number of carbonyl (C=O) groups excluding carboxylic acids is 3. The van der Waals surface area contributed by atoms with Gasteiger partial charge in [0, 0.05) is 32.4 Å². The van der Waals surface area contributed by atoms with Gasteiger partial charge < -0.3 is 15.4 Å². The molecule has 160 valence electrons. The Kier molecular flexibility index (Phi) is 6.93. The van der Waals surface area contributed by atoms with Crippen molar-refractivity contribution in [3.8, 4) is 10.6 Å². The minimum Gasteiger partial charge on any atom is -0.442 e. The first-order valence-corrected chi connectivity index (χ1v) is 10.2. The molecule has 11 heteroatoms.